The zero-order valence-corrected chi connectivity index (χ0v) is 41.7. The number of hydrogen-bond acceptors (Lipinski definition) is 17. The van der Waals surface area contributed by atoms with E-state index in [0.717, 1.165) is 16.7 Å². The number of H-pyrrole nitrogens is 2. The van der Waals surface area contributed by atoms with E-state index < -0.39 is 79.8 Å². The van der Waals surface area contributed by atoms with Crippen molar-refractivity contribution in [3.8, 4) is 11.5 Å². The molecule has 23 heteroatoms. The summed E-state index contributed by atoms with van der Waals surface area (Å²) in [7, 11) is 0.368. The molecule has 2 fully saturated rings. The fourth-order valence-electron chi connectivity index (χ4n) is 8.61. The number of hydrogen-bond donors (Lipinski definition) is 4. The average Bonchev–Trinajstić information content (AvgIpc) is 4.11. The predicted octanol–water partition coefficient (Wildman–Crippen LogP) is 5.08. The van der Waals surface area contributed by atoms with Gasteiger partial charge in [-0.1, -0.05) is 68.4 Å². The van der Waals surface area contributed by atoms with Crippen molar-refractivity contribution in [2.75, 3.05) is 32.8 Å². The molecule has 0 saturated carbocycles. The number of carbonyl (C=O) groups excluding carboxylic acids is 3. The highest BCUT2D eigenvalue weighted by Crippen LogP contribution is 2.46. The lowest BCUT2D eigenvalue weighted by Crippen LogP contribution is -2.38. The van der Waals surface area contributed by atoms with Crippen LogP contribution in [0.5, 0.6) is 11.5 Å². The third-order valence-corrected chi connectivity index (χ3v) is 13.3. The summed E-state index contributed by atoms with van der Waals surface area (Å²) in [5, 5.41) is 2.58. The third-order valence-electron chi connectivity index (χ3n) is 12.5. The van der Waals surface area contributed by atoms with E-state index in [1.807, 2.05) is 78.9 Å². The molecule has 0 spiro atoms. The first-order valence-electron chi connectivity index (χ1n) is 23.4. The molecule has 1 amide bonds. The molecule has 0 bridgehead atoms. The monoisotopic (exact) mass is 1030 g/mol. The van der Waals surface area contributed by atoms with Gasteiger partial charge in [0.05, 0.1) is 46.3 Å². The summed E-state index contributed by atoms with van der Waals surface area (Å²) in [5.41, 5.74) is -0.699. The third kappa shape index (κ3) is 11.8. The Kier molecular flexibility index (Phi) is 16.4. The Labute approximate surface area is 418 Å². The number of benzene rings is 3. The van der Waals surface area contributed by atoms with Crippen LogP contribution in [-0.2, 0) is 48.0 Å². The zero-order chi connectivity index (χ0) is 52.0. The molecule has 7 atom stereocenters. The number of imidazole rings is 1. The fourth-order valence-corrected chi connectivity index (χ4v) is 9.39. The van der Waals surface area contributed by atoms with Crippen LogP contribution in [0.15, 0.2) is 106 Å². The zero-order valence-electron chi connectivity index (χ0n) is 40.8. The Morgan fingerprint density at radius 1 is 0.822 bits per heavy atom. The van der Waals surface area contributed by atoms with Gasteiger partial charge in [0.25, 0.3) is 11.1 Å². The van der Waals surface area contributed by atoms with Gasteiger partial charge in [-0.3, -0.25) is 43.6 Å². The van der Waals surface area contributed by atoms with Crippen molar-refractivity contribution in [3.63, 3.8) is 0 Å². The maximum Gasteiger partial charge on any atom is 0.330 e. The van der Waals surface area contributed by atoms with Gasteiger partial charge in [0.1, 0.15) is 53.7 Å². The number of anilines is 1. The van der Waals surface area contributed by atoms with Gasteiger partial charge in [0.2, 0.25) is 11.9 Å². The number of amides is 1. The number of Topliss-reactive ketones (excluding diaryl/α,β-unsaturated/α-hetero) is 1. The van der Waals surface area contributed by atoms with Crippen molar-refractivity contribution in [2.45, 2.75) is 95.9 Å². The number of methoxy groups -OCH3 is 2. The molecular formula is C50H56N7O15P. The standard InChI is InChI=1S/C50H56N7O15P/c1-28(2)45(60)53-48-52-44-43(47(62)54-48)51-27-57(44)41-22-36(71-42(59)21-12-30(4)58)39(70-41)26-68-73(64)72-37-23-40(56-24-29(3)46(61)55-49(56)63)69-38(37)25-67-50(31-10-8-7-9-11-31,32-13-17-34(65-5)18-14-32)33-15-19-35(66-6)20-16-33/h7-11,13-20,24,27-28,36-41,64H,12,21-23,25-26H2,1-6H3,(H,55,61,63)(H2,52,53,54,60,62)/t36-,37-,38+,39+,40+,41+,73?/m0/s1. The molecule has 73 heavy (non-hydrogen) atoms. The van der Waals surface area contributed by atoms with Crippen molar-refractivity contribution < 1.29 is 56.7 Å². The van der Waals surface area contributed by atoms with Gasteiger partial charge in [0.15, 0.2) is 11.2 Å². The van der Waals surface area contributed by atoms with Crippen LogP contribution in [0.2, 0.25) is 0 Å². The van der Waals surface area contributed by atoms with Gasteiger partial charge >= 0.3 is 20.3 Å². The Balaban J connectivity index is 1.07. The molecule has 2 saturated heterocycles. The number of aromatic nitrogens is 6. The summed E-state index contributed by atoms with van der Waals surface area (Å²) >= 11 is 0. The van der Waals surface area contributed by atoms with Crippen molar-refractivity contribution in [3.05, 3.63) is 145 Å². The van der Waals surface area contributed by atoms with Gasteiger partial charge in [-0.15, -0.1) is 0 Å². The van der Waals surface area contributed by atoms with Gasteiger partial charge in [-0.2, -0.15) is 4.98 Å². The molecule has 6 aromatic rings. The molecular weight excluding hydrogens is 970 g/mol. The van der Waals surface area contributed by atoms with E-state index in [1.165, 1.54) is 28.6 Å². The molecule has 0 aliphatic carbocycles. The number of nitrogens with one attached hydrogen (secondary N) is 3. The number of nitrogens with zero attached hydrogens (tertiary/aromatic N) is 4. The smallest absolute Gasteiger partial charge is 0.330 e. The Hall–Kier alpha value is -6.91. The Bertz CT molecular complexity index is 3040. The number of rotatable bonds is 21. The van der Waals surface area contributed by atoms with Crippen molar-refractivity contribution in [1.29, 1.82) is 0 Å². The lowest BCUT2D eigenvalue weighted by molar-refractivity contribution is -0.153. The van der Waals surface area contributed by atoms with Crippen LogP contribution in [0.25, 0.3) is 11.2 Å². The highest BCUT2D eigenvalue weighted by Gasteiger charge is 2.45. The molecule has 4 N–H and O–H groups in total. The van der Waals surface area contributed by atoms with Crippen molar-refractivity contribution in [2.24, 2.45) is 5.92 Å². The van der Waals surface area contributed by atoms with Crippen LogP contribution >= 0.6 is 8.60 Å². The van der Waals surface area contributed by atoms with E-state index in [0.29, 0.717) is 11.5 Å². The second-order valence-corrected chi connectivity index (χ2v) is 18.8. The number of aryl methyl sites for hydroxylation is 1. The molecule has 3 aromatic heterocycles. The summed E-state index contributed by atoms with van der Waals surface area (Å²) < 4.78 is 51.8. The van der Waals surface area contributed by atoms with E-state index in [4.69, 9.17) is 37.5 Å². The van der Waals surface area contributed by atoms with E-state index in [2.05, 4.69) is 25.3 Å². The largest absolute Gasteiger partial charge is 0.497 e. The van der Waals surface area contributed by atoms with Crippen LogP contribution in [0.4, 0.5) is 5.95 Å². The van der Waals surface area contributed by atoms with E-state index >= 15 is 0 Å². The second-order valence-electron chi connectivity index (χ2n) is 17.8. The molecule has 0 radical (unpaired) electrons. The average molecular weight is 1030 g/mol. The van der Waals surface area contributed by atoms with Crippen molar-refractivity contribution in [1.82, 2.24) is 29.1 Å². The molecule has 2 aliphatic rings. The van der Waals surface area contributed by atoms with E-state index in [1.54, 1.807) is 35.0 Å². The summed E-state index contributed by atoms with van der Waals surface area (Å²) in [5.74, 6) is -0.555. The van der Waals surface area contributed by atoms with Crippen LogP contribution in [0.3, 0.4) is 0 Å². The number of ether oxygens (including phenoxy) is 6. The van der Waals surface area contributed by atoms with E-state index in [9.17, 15) is 33.7 Å². The fraction of sp³-hybridized carbons (Fsp3) is 0.400. The normalized spacial score (nSPS) is 20.3. The molecule has 22 nitrogen and oxygen atoms in total. The lowest BCUT2D eigenvalue weighted by Gasteiger charge is -2.37. The first-order valence-corrected chi connectivity index (χ1v) is 24.6. The highest BCUT2D eigenvalue weighted by molar-refractivity contribution is 7.40. The number of esters is 1. The van der Waals surface area contributed by atoms with Crippen LogP contribution in [-0.4, -0.2) is 103 Å². The minimum atomic E-state index is -2.78. The first-order chi connectivity index (χ1) is 35.1. The minimum absolute atomic E-state index is 0.00806. The van der Waals surface area contributed by atoms with Gasteiger partial charge in [-0.25, -0.2) is 9.78 Å². The Morgan fingerprint density at radius 3 is 2.04 bits per heavy atom. The lowest BCUT2D eigenvalue weighted by atomic mass is 9.80. The van der Waals surface area contributed by atoms with Crippen LogP contribution in [0.1, 0.15) is 81.2 Å². The number of ketones is 1. The van der Waals surface area contributed by atoms with E-state index in [-0.39, 0.29) is 73.3 Å². The highest BCUT2D eigenvalue weighted by atomic mass is 31.2. The Morgan fingerprint density at radius 2 is 1.42 bits per heavy atom. The predicted molar refractivity (Wildman–Crippen MR) is 263 cm³/mol. The van der Waals surface area contributed by atoms with Gasteiger partial charge in [0, 0.05) is 36.9 Å². The maximum absolute atomic E-state index is 13.3. The van der Waals surface area contributed by atoms with Crippen molar-refractivity contribution >= 4 is 43.4 Å². The molecule has 8 rings (SSSR count). The summed E-state index contributed by atoms with van der Waals surface area (Å²) in [6.07, 6.45) is -3.49. The van der Waals surface area contributed by atoms with Gasteiger partial charge in [-0.05, 0) is 54.8 Å². The summed E-state index contributed by atoms with van der Waals surface area (Å²) in [4.78, 5) is 101. The molecule has 1 unspecified atom stereocenters. The number of aromatic amines is 2. The molecule has 2 aliphatic heterocycles. The minimum Gasteiger partial charge on any atom is -0.497 e. The second kappa shape index (κ2) is 22.9. The first kappa shape index (κ1) is 52.4. The van der Waals surface area contributed by atoms with Crippen LogP contribution in [0, 0.1) is 12.8 Å². The summed E-state index contributed by atoms with van der Waals surface area (Å²) in [6, 6.07) is 24.4. The molecule has 386 valence electrons. The van der Waals surface area contributed by atoms with Gasteiger partial charge < -0.3 is 47.2 Å². The SMILES string of the molecule is COc1ccc(C(OC[C@H]2O[C@@H](n3cc(C)c(=O)[nH]c3=O)C[C@@H]2OP(O)OC[C@H]2O[C@@H](n3cnc4c(=O)[nH]c(NC(=O)C(C)C)nc43)C[C@@H]2OC(=O)CCC(C)=O)(c2ccccc2)c2ccc(OC)cc2)cc1. The number of fused-ring (bicyclic) bond motifs is 1. The quantitative estimate of drug-likeness (QED) is 0.0416. The number of carbonyl (C=O) groups is 3. The van der Waals surface area contributed by atoms with Crippen LogP contribution < -0.4 is 31.6 Å². The molecule has 5 heterocycles. The molecule has 3 aromatic carbocycles. The topological polar surface area (TPSA) is 276 Å². The summed E-state index contributed by atoms with van der Waals surface area (Å²) in [6.45, 7) is 5.70. The maximum atomic E-state index is 13.3.